The van der Waals surface area contributed by atoms with E-state index >= 15 is 0 Å². The summed E-state index contributed by atoms with van der Waals surface area (Å²) in [6.45, 7) is 6.08. The molecule has 0 radical (unpaired) electrons. The third-order valence-corrected chi connectivity index (χ3v) is 7.07. The molecule has 236 valence electrons. The van der Waals surface area contributed by atoms with Crippen LogP contribution in [0.25, 0.3) is 11.5 Å². The largest absolute Gasteiger partial charge is 0.493 e. The van der Waals surface area contributed by atoms with Gasteiger partial charge in [-0.2, -0.15) is 13.2 Å². The molecule has 0 saturated heterocycles. The predicted molar refractivity (Wildman–Crippen MR) is 166 cm³/mol. The highest BCUT2D eigenvalue weighted by Gasteiger charge is 2.30. The number of rotatable bonds is 14. The van der Waals surface area contributed by atoms with Crippen molar-refractivity contribution in [2.24, 2.45) is 0 Å². The van der Waals surface area contributed by atoms with Crippen molar-refractivity contribution in [2.75, 3.05) is 13.2 Å². The van der Waals surface area contributed by atoms with Crippen LogP contribution in [0.15, 0.2) is 95.1 Å². The summed E-state index contributed by atoms with van der Waals surface area (Å²) in [7, 11) is 0. The number of nitrogens with one attached hydrogen (secondary N) is 2. The molecule has 4 aromatic rings. The number of ether oxygens (including phenoxy) is 1. The van der Waals surface area contributed by atoms with Crippen molar-refractivity contribution in [1.29, 1.82) is 0 Å². The van der Waals surface area contributed by atoms with Crippen LogP contribution in [0.3, 0.4) is 0 Å². The van der Waals surface area contributed by atoms with E-state index in [0.29, 0.717) is 49.8 Å². The summed E-state index contributed by atoms with van der Waals surface area (Å²) in [6.07, 6.45) is -1.68. The van der Waals surface area contributed by atoms with Crippen LogP contribution in [0.1, 0.15) is 53.2 Å². The summed E-state index contributed by atoms with van der Waals surface area (Å²) < 4.78 is 50.4. The predicted octanol–water partition coefficient (Wildman–Crippen LogP) is 7.10. The summed E-state index contributed by atoms with van der Waals surface area (Å²) in [5.74, 6) is 1.51. The second kappa shape index (κ2) is 15.2. The number of carbonyl (C=O) groups is 2. The zero-order valence-electron chi connectivity index (χ0n) is 25.4. The summed E-state index contributed by atoms with van der Waals surface area (Å²) in [4.78, 5) is 29.2. The van der Waals surface area contributed by atoms with E-state index in [1.807, 2.05) is 61.5 Å². The van der Waals surface area contributed by atoms with Gasteiger partial charge in [-0.15, -0.1) is 0 Å². The Bertz CT molecular complexity index is 1600. The zero-order valence-corrected chi connectivity index (χ0v) is 25.4. The van der Waals surface area contributed by atoms with Gasteiger partial charge in [-0.3, -0.25) is 9.59 Å². The second-order valence-corrected chi connectivity index (χ2v) is 10.6. The molecule has 1 amide bonds. The molecule has 0 aliphatic heterocycles. The Hall–Kier alpha value is -4.86. The molecule has 0 fully saturated rings. The van der Waals surface area contributed by atoms with Crippen LogP contribution in [0.5, 0.6) is 5.75 Å². The van der Waals surface area contributed by atoms with Gasteiger partial charge in [0.2, 0.25) is 11.8 Å². The van der Waals surface area contributed by atoms with E-state index in [1.165, 1.54) is 6.08 Å². The van der Waals surface area contributed by atoms with Gasteiger partial charge in [0.05, 0.1) is 17.9 Å². The van der Waals surface area contributed by atoms with E-state index in [2.05, 4.69) is 15.6 Å². The highest BCUT2D eigenvalue weighted by molar-refractivity contribution is 6.04. The molecule has 1 aromatic heterocycles. The fourth-order valence-corrected chi connectivity index (χ4v) is 4.64. The minimum atomic E-state index is -4.47. The van der Waals surface area contributed by atoms with Crippen LogP contribution in [-0.4, -0.2) is 35.9 Å². The summed E-state index contributed by atoms with van der Waals surface area (Å²) >= 11 is 0. The van der Waals surface area contributed by atoms with E-state index in [-0.39, 0.29) is 17.5 Å². The Morgan fingerprint density at radius 3 is 2.33 bits per heavy atom. The number of halogens is 3. The number of hydrogen-bond acceptors (Lipinski definition) is 6. The van der Waals surface area contributed by atoms with Crippen LogP contribution in [-0.2, 0) is 23.8 Å². The Balaban J connectivity index is 1.34. The van der Waals surface area contributed by atoms with Gasteiger partial charge in [-0.1, -0.05) is 49.4 Å². The maximum absolute atomic E-state index is 12.9. The zero-order chi connectivity index (χ0) is 32.4. The topological polar surface area (TPSA) is 93.5 Å². The van der Waals surface area contributed by atoms with Crippen molar-refractivity contribution in [3.8, 4) is 17.2 Å². The highest BCUT2D eigenvalue weighted by Crippen LogP contribution is 2.29. The van der Waals surface area contributed by atoms with Crippen molar-refractivity contribution in [2.45, 2.75) is 52.3 Å². The molecule has 0 unspecified atom stereocenters. The number of nitrogens with zero attached hydrogens (tertiary/aromatic N) is 1. The number of amides is 1. The molecule has 0 aliphatic carbocycles. The first-order chi connectivity index (χ1) is 21.5. The third kappa shape index (κ3) is 9.82. The van der Waals surface area contributed by atoms with Crippen LogP contribution < -0.4 is 15.4 Å². The van der Waals surface area contributed by atoms with E-state index in [4.69, 9.17) is 9.15 Å². The lowest BCUT2D eigenvalue weighted by Crippen LogP contribution is -2.41. The number of oxazole rings is 1. The fraction of sp³-hybridized carbons (Fsp3) is 0.286. The van der Waals surface area contributed by atoms with E-state index in [0.717, 1.165) is 46.8 Å². The van der Waals surface area contributed by atoms with Crippen molar-refractivity contribution in [3.63, 3.8) is 0 Å². The van der Waals surface area contributed by atoms with Gasteiger partial charge in [0.15, 0.2) is 5.78 Å². The SMILES string of the molecule is CCC(=O)NC[C@H](Cc1ccc(OCCc2nc(-c3ccccc3)oc2C)cc1)NC(C)=CC(=O)c1ccc(C(F)(F)F)cc1. The van der Waals surface area contributed by atoms with Crippen molar-refractivity contribution in [3.05, 3.63) is 119 Å². The molecule has 1 heterocycles. The molecule has 2 N–H and O–H groups in total. The number of allylic oxidation sites excluding steroid dienone is 2. The van der Waals surface area contributed by atoms with Crippen LogP contribution in [0.2, 0.25) is 0 Å². The van der Waals surface area contributed by atoms with Gasteiger partial charge in [-0.25, -0.2) is 4.98 Å². The lowest BCUT2D eigenvalue weighted by molar-refractivity contribution is -0.137. The van der Waals surface area contributed by atoms with Gasteiger partial charge >= 0.3 is 6.18 Å². The smallest absolute Gasteiger partial charge is 0.416 e. The Morgan fingerprint density at radius 2 is 1.69 bits per heavy atom. The molecule has 45 heavy (non-hydrogen) atoms. The molecular formula is C35H36F3N3O4. The van der Waals surface area contributed by atoms with Crippen molar-refractivity contribution >= 4 is 11.7 Å². The van der Waals surface area contributed by atoms with Gasteiger partial charge < -0.3 is 19.8 Å². The molecule has 3 aromatic carbocycles. The maximum atomic E-state index is 12.9. The molecule has 1 atom stereocenters. The molecule has 0 spiro atoms. The lowest BCUT2D eigenvalue weighted by atomic mass is 10.0. The number of aromatic nitrogens is 1. The van der Waals surface area contributed by atoms with Gasteiger partial charge in [0.1, 0.15) is 11.5 Å². The van der Waals surface area contributed by atoms with Gasteiger partial charge in [0.25, 0.3) is 0 Å². The second-order valence-electron chi connectivity index (χ2n) is 10.6. The Morgan fingerprint density at radius 1 is 1.00 bits per heavy atom. The molecule has 7 nitrogen and oxygen atoms in total. The molecular weight excluding hydrogens is 583 g/mol. The van der Waals surface area contributed by atoms with Gasteiger partial charge in [-0.05, 0) is 62.2 Å². The number of ketones is 1. The quantitative estimate of drug-likeness (QED) is 0.116. The standard InChI is InChI=1S/C35H36F3N3O4/c1-4-33(43)39-22-29(40-23(2)20-32(42)26-12-14-28(15-13-26)35(36,37)38)21-25-10-16-30(17-11-25)44-19-18-31-24(3)45-34(41-31)27-8-6-5-7-9-27/h5-17,20,29,40H,4,18-19,21-22H2,1-3H3,(H,39,43)/t29-/m0/s1. The minimum absolute atomic E-state index is 0.105. The number of hydrogen-bond donors (Lipinski definition) is 2. The maximum Gasteiger partial charge on any atom is 0.416 e. The van der Waals surface area contributed by atoms with E-state index in [1.54, 1.807) is 13.8 Å². The number of carbonyl (C=O) groups excluding carboxylic acids is 2. The molecule has 0 aliphatic rings. The highest BCUT2D eigenvalue weighted by atomic mass is 19.4. The normalized spacial score (nSPS) is 12.4. The molecule has 4 rings (SSSR count). The van der Waals surface area contributed by atoms with Crippen molar-refractivity contribution in [1.82, 2.24) is 15.6 Å². The van der Waals surface area contributed by atoms with Gasteiger partial charge in [0, 0.05) is 48.3 Å². The fourth-order valence-electron chi connectivity index (χ4n) is 4.64. The van der Waals surface area contributed by atoms with Crippen molar-refractivity contribution < 1.29 is 31.9 Å². The van der Waals surface area contributed by atoms with E-state index < -0.39 is 17.5 Å². The summed E-state index contributed by atoms with van der Waals surface area (Å²) in [5.41, 5.74) is 2.59. The summed E-state index contributed by atoms with van der Waals surface area (Å²) in [5, 5.41) is 6.14. The number of alkyl halides is 3. The first kappa shape index (κ1) is 33.0. The third-order valence-electron chi connectivity index (χ3n) is 7.07. The van der Waals surface area contributed by atoms with Crippen LogP contribution >= 0.6 is 0 Å². The lowest BCUT2D eigenvalue weighted by Gasteiger charge is -2.21. The Labute approximate surface area is 260 Å². The first-order valence-corrected chi connectivity index (χ1v) is 14.7. The molecule has 0 saturated carbocycles. The average molecular weight is 620 g/mol. The monoisotopic (exact) mass is 619 g/mol. The Kier molecular flexibility index (Phi) is 11.2. The van der Waals surface area contributed by atoms with Crippen LogP contribution in [0, 0.1) is 6.92 Å². The summed E-state index contributed by atoms with van der Waals surface area (Å²) in [6, 6.07) is 21.2. The number of benzene rings is 3. The average Bonchev–Trinajstić information content (AvgIpc) is 3.40. The minimum Gasteiger partial charge on any atom is -0.493 e. The van der Waals surface area contributed by atoms with Crippen LogP contribution in [0.4, 0.5) is 13.2 Å². The molecule has 10 heteroatoms. The first-order valence-electron chi connectivity index (χ1n) is 14.7. The number of aryl methyl sites for hydroxylation is 1. The van der Waals surface area contributed by atoms with E-state index in [9.17, 15) is 22.8 Å². The molecule has 0 bridgehead atoms.